The van der Waals surface area contributed by atoms with E-state index in [0.29, 0.717) is 9.88 Å². The normalized spacial score (nSPS) is 18.0. The summed E-state index contributed by atoms with van der Waals surface area (Å²) in [5, 5.41) is 6.04. The Bertz CT molecular complexity index is 1420. The predicted octanol–water partition coefficient (Wildman–Crippen LogP) is 3.69. The zero-order chi connectivity index (χ0) is 31.0. The third-order valence-electron chi connectivity index (χ3n) is 7.08. The molecule has 1 aliphatic rings. The fourth-order valence-corrected chi connectivity index (χ4v) is 5.24. The number of halogens is 2. The molecule has 4 atom stereocenters. The maximum absolute atomic E-state index is 13.6. The van der Waals surface area contributed by atoms with Crippen LogP contribution in [0.3, 0.4) is 0 Å². The third kappa shape index (κ3) is 9.31. The number of amides is 2. The second kappa shape index (κ2) is 14.5. The fraction of sp³-hybridized carbons (Fsp3) is 0.387. The molecule has 43 heavy (non-hydrogen) atoms. The molecule has 2 aromatic carbocycles. The Morgan fingerprint density at radius 2 is 1.56 bits per heavy atom. The smallest absolute Gasteiger partial charge is 0.345 e. The number of rotatable bonds is 16. The molecule has 2 N–H and O–H groups in total. The van der Waals surface area contributed by atoms with E-state index in [9.17, 15) is 28.0 Å². The second-order valence-corrected chi connectivity index (χ2v) is 11.8. The molecule has 0 bridgehead atoms. The molecule has 228 valence electrons. The van der Waals surface area contributed by atoms with Crippen LogP contribution < -0.4 is 10.6 Å². The van der Waals surface area contributed by atoms with Crippen molar-refractivity contribution < 1.29 is 37.4 Å². The summed E-state index contributed by atoms with van der Waals surface area (Å²) >= 11 is 1.16. The van der Waals surface area contributed by atoms with Crippen LogP contribution in [-0.4, -0.2) is 65.9 Å². The first-order valence-corrected chi connectivity index (χ1v) is 14.6. The van der Waals surface area contributed by atoms with Crippen LogP contribution in [0.25, 0.3) is 0 Å². The maximum Gasteiger partial charge on any atom is 0.345 e. The molecule has 4 rings (SSSR count). The number of aryl methyl sites for hydroxylation is 1. The van der Waals surface area contributed by atoms with E-state index in [4.69, 9.17) is 4.74 Å². The highest BCUT2D eigenvalue weighted by molar-refractivity contribution is 7.13. The number of carbonyl (C=O) groups is 4. The number of hydrogen-bond donors (Lipinski definition) is 2. The Hall–Kier alpha value is -3.87. The summed E-state index contributed by atoms with van der Waals surface area (Å²) in [7, 11) is 0. The van der Waals surface area contributed by atoms with Gasteiger partial charge in [0, 0.05) is 6.42 Å². The van der Waals surface area contributed by atoms with Gasteiger partial charge < -0.3 is 20.1 Å². The van der Waals surface area contributed by atoms with Gasteiger partial charge in [-0.3, -0.25) is 19.2 Å². The SMILES string of the molecule is Cc1ncc(C(=O)N[C@@H](Cc2ccccc2)C(=O)C[C@@H](COC(F)F)C(=O)N[C@@H](Cc2ccccc2)C(=O)[C@@]2(C)CO2)s1. The number of nitrogens with one attached hydrogen (secondary N) is 2. The number of aromatic nitrogens is 1. The van der Waals surface area contributed by atoms with Crippen molar-refractivity contribution in [2.45, 2.75) is 57.4 Å². The van der Waals surface area contributed by atoms with Crippen LogP contribution >= 0.6 is 11.3 Å². The van der Waals surface area contributed by atoms with Crippen LogP contribution in [-0.2, 0) is 36.7 Å². The Morgan fingerprint density at radius 3 is 2.07 bits per heavy atom. The van der Waals surface area contributed by atoms with E-state index in [2.05, 4.69) is 20.4 Å². The van der Waals surface area contributed by atoms with Gasteiger partial charge in [-0.2, -0.15) is 8.78 Å². The van der Waals surface area contributed by atoms with E-state index in [1.807, 2.05) is 6.07 Å². The van der Waals surface area contributed by atoms with Gasteiger partial charge in [0.2, 0.25) is 5.91 Å². The Morgan fingerprint density at radius 1 is 0.977 bits per heavy atom. The molecule has 3 aromatic rings. The first kappa shape index (κ1) is 32.1. The monoisotopic (exact) mass is 613 g/mol. The number of Topliss-reactive ketones (excluding diaryl/α,β-unsaturated/α-hetero) is 2. The average Bonchev–Trinajstić information content (AvgIpc) is 3.59. The molecule has 1 aromatic heterocycles. The number of hydrogen-bond acceptors (Lipinski definition) is 8. The molecule has 0 aliphatic carbocycles. The van der Waals surface area contributed by atoms with Crippen LogP contribution in [0.15, 0.2) is 66.9 Å². The molecule has 2 amide bonds. The molecular formula is C31H33F2N3O6S. The highest BCUT2D eigenvalue weighted by atomic mass is 32.1. The van der Waals surface area contributed by atoms with Crippen molar-refractivity contribution in [1.82, 2.24) is 15.6 Å². The molecule has 1 aliphatic heterocycles. The van der Waals surface area contributed by atoms with Crippen molar-refractivity contribution in [3.05, 3.63) is 87.9 Å². The van der Waals surface area contributed by atoms with Gasteiger partial charge in [0.1, 0.15) is 10.5 Å². The Kier molecular flexibility index (Phi) is 10.8. The van der Waals surface area contributed by atoms with Gasteiger partial charge >= 0.3 is 6.61 Å². The number of benzene rings is 2. The van der Waals surface area contributed by atoms with Crippen LogP contribution in [0.2, 0.25) is 0 Å². The lowest BCUT2D eigenvalue weighted by Crippen LogP contribution is -2.50. The van der Waals surface area contributed by atoms with Gasteiger partial charge in [-0.15, -0.1) is 11.3 Å². The van der Waals surface area contributed by atoms with Crippen LogP contribution in [0.5, 0.6) is 0 Å². The number of nitrogens with zero attached hydrogens (tertiary/aromatic N) is 1. The van der Waals surface area contributed by atoms with E-state index in [1.165, 1.54) is 6.20 Å². The zero-order valence-electron chi connectivity index (χ0n) is 23.8. The Labute approximate surface area is 252 Å². The lowest BCUT2D eigenvalue weighted by atomic mass is 9.92. The van der Waals surface area contributed by atoms with Crippen molar-refractivity contribution in [3.63, 3.8) is 0 Å². The number of alkyl halides is 2. The van der Waals surface area contributed by atoms with Crippen LogP contribution in [0.4, 0.5) is 8.78 Å². The number of ether oxygens (including phenoxy) is 2. The fourth-order valence-electron chi connectivity index (χ4n) is 4.56. The summed E-state index contributed by atoms with van der Waals surface area (Å²) in [6.45, 7) is -0.396. The molecule has 0 spiro atoms. The molecule has 0 unspecified atom stereocenters. The number of epoxide rings is 1. The molecule has 9 nitrogen and oxygen atoms in total. The molecule has 2 heterocycles. The summed E-state index contributed by atoms with van der Waals surface area (Å²) in [4.78, 5) is 57.7. The minimum absolute atomic E-state index is 0.109. The summed E-state index contributed by atoms with van der Waals surface area (Å²) in [5.74, 6) is -3.59. The van der Waals surface area contributed by atoms with Gasteiger partial charge in [-0.1, -0.05) is 60.7 Å². The topological polar surface area (TPSA) is 127 Å². The highest BCUT2D eigenvalue weighted by Gasteiger charge is 2.50. The van der Waals surface area contributed by atoms with Crippen molar-refractivity contribution in [3.8, 4) is 0 Å². The maximum atomic E-state index is 13.6. The van der Waals surface area contributed by atoms with E-state index in [0.717, 1.165) is 22.5 Å². The van der Waals surface area contributed by atoms with Gasteiger partial charge in [0.15, 0.2) is 11.6 Å². The summed E-state index contributed by atoms with van der Waals surface area (Å²) in [6, 6.07) is 15.8. The standard InChI is InChI=1S/C31H33F2N3O6S/c1-19-34-16-26(43-19)29(40)35-23(13-20-9-5-3-6-10-20)25(37)15-22(17-41-30(32)33)28(39)36-24(27(38)31(2)18-42-31)14-21-11-7-4-8-12-21/h3-12,16,22-24,30H,13-15,17-18H2,1-2H3,(H,35,40)(H,36,39)/t22-,23-,24-,31+/m0/s1. The van der Waals surface area contributed by atoms with Gasteiger partial charge in [0.05, 0.1) is 42.4 Å². The minimum Gasteiger partial charge on any atom is -0.361 e. The van der Waals surface area contributed by atoms with Gasteiger partial charge in [-0.05, 0) is 37.8 Å². The largest absolute Gasteiger partial charge is 0.361 e. The Balaban J connectivity index is 1.53. The lowest BCUT2D eigenvalue weighted by molar-refractivity contribution is -0.152. The van der Waals surface area contributed by atoms with Crippen molar-refractivity contribution in [1.29, 1.82) is 0 Å². The molecule has 1 fully saturated rings. The van der Waals surface area contributed by atoms with E-state index < -0.39 is 60.8 Å². The minimum atomic E-state index is -3.18. The lowest BCUT2D eigenvalue weighted by Gasteiger charge is -2.24. The second-order valence-electron chi connectivity index (χ2n) is 10.6. The van der Waals surface area contributed by atoms with Crippen molar-refractivity contribution >= 4 is 34.7 Å². The highest BCUT2D eigenvalue weighted by Crippen LogP contribution is 2.29. The van der Waals surface area contributed by atoms with E-state index in [-0.39, 0.29) is 25.2 Å². The molecule has 0 saturated carbocycles. The van der Waals surface area contributed by atoms with Crippen molar-refractivity contribution in [2.75, 3.05) is 13.2 Å². The van der Waals surface area contributed by atoms with Gasteiger partial charge in [-0.25, -0.2) is 4.98 Å². The van der Waals surface area contributed by atoms with Crippen LogP contribution in [0.1, 0.15) is 39.2 Å². The number of carbonyl (C=O) groups excluding carboxylic acids is 4. The van der Waals surface area contributed by atoms with Crippen LogP contribution in [0, 0.1) is 12.8 Å². The molecule has 1 saturated heterocycles. The number of ketones is 2. The average molecular weight is 614 g/mol. The quantitative estimate of drug-likeness (QED) is 0.236. The first-order chi connectivity index (χ1) is 20.5. The van der Waals surface area contributed by atoms with Gasteiger partial charge in [0.25, 0.3) is 5.91 Å². The molecule has 12 heteroatoms. The number of thiazole rings is 1. The first-order valence-electron chi connectivity index (χ1n) is 13.8. The molecule has 0 radical (unpaired) electrons. The summed E-state index contributed by atoms with van der Waals surface area (Å²) in [6.07, 6.45) is 1.14. The molecular weight excluding hydrogens is 580 g/mol. The van der Waals surface area contributed by atoms with E-state index >= 15 is 0 Å². The van der Waals surface area contributed by atoms with Crippen molar-refractivity contribution in [2.24, 2.45) is 5.92 Å². The zero-order valence-corrected chi connectivity index (χ0v) is 24.6. The third-order valence-corrected chi connectivity index (χ3v) is 7.99. The summed E-state index contributed by atoms with van der Waals surface area (Å²) < 4.78 is 35.9. The van der Waals surface area contributed by atoms with E-state index in [1.54, 1.807) is 68.4 Å². The summed E-state index contributed by atoms with van der Waals surface area (Å²) in [5.41, 5.74) is 0.459. The predicted molar refractivity (Wildman–Crippen MR) is 155 cm³/mol.